The number of hydrogen-bond donors (Lipinski definition) is 4. The second kappa shape index (κ2) is 17.4. The maximum atomic E-state index is 10.9. The molecular formula is C7H16Cl2N4NiO10. The fourth-order valence-corrected chi connectivity index (χ4v) is 0.694. The van der Waals surface area contributed by atoms with E-state index >= 15 is 0 Å². The van der Waals surface area contributed by atoms with E-state index in [1.165, 1.54) is 0 Å². The van der Waals surface area contributed by atoms with E-state index in [9.17, 15) is 9.59 Å². The SMILES string of the molecule is NCCNC(=O)CC(=O)NCCN.[Ni+2].[O-][Cl+3]([O-])([O-])[O-].[O-][Cl+3]([O-])([O-])[O-]. The van der Waals surface area contributed by atoms with E-state index in [2.05, 4.69) is 10.6 Å². The van der Waals surface area contributed by atoms with Crippen LogP contribution in [0.2, 0.25) is 0 Å². The van der Waals surface area contributed by atoms with Crippen molar-refractivity contribution >= 4 is 11.8 Å². The number of rotatable bonds is 6. The second-order valence-corrected chi connectivity index (χ2v) is 4.72. The molecule has 0 aromatic heterocycles. The van der Waals surface area contributed by atoms with Crippen molar-refractivity contribution in [2.45, 2.75) is 6.42 Å². The molecule has 0 fully saturated rings. The third kappa shape index (κ3) is 68.1. The van der Waals surface area contributed by atoms with Crippen LogP contribution in [0.25, 0.3) is 0 Å². The van der Waals surface area contributed by atoms with Gasteiger partial charge in [-0.05, 0) is 0 Å². The molecular weight excluding hydrogens is 430 g/mol. The molecule has 0 aromatic rings. The predicted molar refractivity (Wildman–Crippen MR) is 48.7 cm³/mol. The summed E-state index contributed by atoms with van der Waals surface area (Å²) in [5, 5.41) is 4.97. The molecule has 0 aromatic carbocycles. The molecule has 0 aliphatic heterocycles. The zero-order chi connectivity index (χ0) is 19.1. The fourth-order valence-electron chi connectivity index (χ4n) is 0.694. The molecule has 0 saturated heterocycles. The Kier molecular flexibility index (Phi) is 22.8. The second-order valence-electron chi connectivity index (χ2n) is 3.21. The number of halogens is 2. The van der Waals surface area contributed by atoms with Gasteiger partial charge in [0.2, 0.25) is 11.8 Å². The van der Waals surface area contributed by atoms with Gasteiger partial charge >= 0.3 is 16.5 Å². The minimum Gasteiger partial charge on any atom is -0.354 e. The zero-order valence-electron chi connectivity index (χ0n) is 11.8. The van der Waals surface area contributed by atoms with Crippen LogP contribution >= 0.6 is 0 Å². The van der Waals surface area contributed by atoms with Gasteiger partial charge < -0.3 is 22.1 Å². The van der Waals surface area contributed by atoms with E-state index in [-0.39, 0.29) is 34.7 Å². The summed E-state index contributed by atoms with van der Waals surface area (Å²) >= 11 is 0. The Bertz CT molecular complexity index is 285. The molecule has 0 aliphatic rings. The Morgan fingerprint density at radius 1 is 0.708 bits per heavy atom. The van der Waals surface area contributed by atoms with Crippen LogP contribution in [0.15, 0.2) is 0 Å². The monoisotopic (exact) mass is 444 g/mol. The quantitative estimate of drug-likeness (QED) is 0.218. The van der Waals surface area contributed by atoms with E-state index in [0.29, 0.717) is 26.2 Å². The molecule has 148 valence electrons. The molecule has 17 heteroatoms. The van der Waals surface area contributed by atoms with Gasteiger partial charge in [0.25, 0.3) is 0 Å². The van der Waals surface area contributed by atoms with Crippen molar-refractivity contribution in [2.75, 3.05) is 26.2 Å². The van der Waals surface area contributed by atoms with Gasteiger partial charge in [0, 0.05) is 26.2 Å². The molecule has 0 spiro atoms. The maximum Gasteiger partial charge on any atom is 2.00 e. The Morgan fingerprint density at radius 2 is 0.917 bits per heavy atom. The maximum absolute atomic E-state index is 10.9. The summed E-state index contributed by atoms with van der Waals surface area (Å²) in [5.74, 6) is -0.639. The molecule has 0 atom stereocenters. The Hall–Kier alpha value is -0.386. The van der Waals surface area contributed by atoms with Crippen molar-refractivity contribution < 1.29 is 83.8 Å². The molecule has 0 saturated carbocycles. The van der Waals surface area contributed by atoms with Gasteiger partial charge in [-0.15, -0.1) is 20.5 Å². The molecule has 14 nitrogen and oxygen atoms in total. The minimum atomic E-state index is -4.94. The van der Waals surface area contributed by atoms with E-state index in [0.717, 1.165) is 0 Å². The molecule has 24 heavy (non-hydrogen) atoms. The van der Waals surface area contributed by atoms with E-state index in [1.807, 2.05) is 0 Å². The number of hydrogen-bond acceptors (Lipinski definition) is 12. The Labute approximate surface area is 150 Å². The third-order valence-corrected chi connectivity index (χ3v) is 1.25. The molecule has 0 heterocycles. The van der Waals surface area contributed by atoms with Crippen molar-refractivity contribution in [1.29, 1.82) is 0 Å². The van der Waals surface area contributed by atoms with Crippen molar-refractivity contribution in [3.63, 3.8) is 0 Å². The zero-order valence-corrected chi connectivity index (χ0v) is 14.3. The van der Waals surface area contributed by atoms with Gasteiger partial charge in [-0.3, -0.25) is 9.59 Å². The summed E-state index contributed by atoms with van der Waals surface area (Å²) < 4.78 is 67.9. The van der Waals surface area contributed by atoms with Crippen LogP contribution in [0.3, 0.4) is 0 Å². The standard InChI is InChI=1S/C7H16N4O2.2ClHO4.Ni/c8-1-3-10-6(12)5-7(13)11-4-2-9;2*2-1(3,4)5;/h1-5,8-9H2,(H,10,12)(H,11,13);2*(H,2,3,4,5);/q;;;+2/p-2. The molecule has 0 radical (unpaired) electrons. The Morgan fingerprint density at radius 3 is 1.08 bits per heavy atom. The van der Waals surface area contributed by atoms with Gasteiger partial charge in [0.15, 0.2) is 0 Å². The first-order valence-corrected chi connectivity index (χ1v) is 7.84. The minimum absolute atomic E-state index is 0. The average molecular weight is 446 g/mol. The summed E-state index contributed by atoms with van der Waals surface area (Å²) in [5.41, 5.74) is 10.3. The van der Waals surface area contributed by atoms with Crippen LogP contribution in [0.4, 0.5) is 0 Å². The number of carbonyl (C=O) groups excluding carboxylic acids is 2. The van der Waals surface area contributed by atoms with Crippen LogP contribution in [-0.4, -0.2) is 38.0 Å². The summed E-state index contributed by atoms with van der Waals surface area (Å²) in [7, 11) is -9.89. The van der Waals surface area contributed by atoms with Gasteiger partial charge in [-0.1, -0.05) is 0 Å². The summed E-state index contributed by atoms with van der Waals surface area (Å²) in [6.07, 6.45) is -0.167. The molecule has 2 amide bonds. The molecule has 0 bridgehead atoms. The fraction of sp³-hybridized carbons (Fsp3) is 0.714. The number of nitrogens with two attached hydrogens (primary N) is 2. The first kappa shape index (κ1) is 31.4. The van der Waals surface area contributed by atoms with Crippen LogP contribution in [-0.2, 0) is 26.1 Å². The van der Waals surface area contributed by atoms with Crippen LogP contribution in [0.1, 0.15) is 6.42 Å². The summed E-state index contributed by atoms with van der Waals surface area (Å²) in [6, 6.07) is 0. The van der Waals surface area contributed by atoms with Gasteiger partial charge in [0.05, 0.1) is 0 Å². The van der Waals surface area contributed by atoms with Gasteiger partial charge in [-0.25, -0.2) is 37.3 Å². The van der Waals surface area contributed by atoms with Gasteiger partial charge in [-0.2, -0.15) is 0 Å². The van der Waals surface area contributed by atoms with Crippen molar-refractivity contribution in [1.82, 2.24) is 10.6 Å². The first-order chi connectivity index (χ1) is 10.2. The predicted octanol–water partition coefficient (Wildman–Crippen LogP) is -12.0. The molecule has 0 aliphatic carbocycles. The van der Waals surface area contributed by atoms with E-state index < -0.39 is 20.5 Å². The Balaban J connectivity index is -0.000000151. The van der Waals surface area contributed by atoms with Crippen molar-refractivity contribution in [3.05, 3.63) is 0 Å². The van der Waals surface area contributed by atoms with E-state index in [4.69, 9.17) is 48.7 Å². The molecule has 0 rings (SSSR count). The number of nitrogens with one attached hydrogen (secondary N) is 2. The van der Waals surface area contributed by atoms with Crippen LogP contribution in [0, 0.1) is 20.5 Å². The van der Waals surface area contributed by atoms with Crippen LogP contribution in [0.5, 0.6) is 0 Å². The summed E-state index contributed by atoms with van der Waals surface area (Å²) in [6.45, 7) is 1.53. The number of carbonyl (C=O) groups is 2. The van der Waals surface area contributed by atoms with Crippen LogP contribution < -0.4 is 59.4 Å². The first-order valence-electron chi connectivity index (χ1n) is 5.37. The molecule has 6 N–H and O–H groups in total. The smallest absolute Gasteiger partial charge is 0.354 e. The van der Waals surface area contributed by atoms with E-state index in [1.54, 1.807) is 0 Å². The number of amides is 2. The largest absolute Gasteiger partial charge is 2.00 e. The normalized spacial score (nSPS) is 10.1. The topological polar surface area (TPSA) is 295 Å². The van der Waals surface area contributed by atoms with Crippen molar-refractivity contribution in [2.24, 2.45) is 11.5 Å². The third-order valence-electron chi connectivity index (χ3n) is 1.25. The average Bonchev–Trinajstić information content (AvgIpc) is 2.29. The summed E-state index contributed by atoms with van der Waals surface area (Å²) in [4.78, 5) is 21.8. The van der Waals surface area contributed by atoms with Gasteiger partial charge in [0.1, 0.15) is 6.42 Å². The van der Waals surface area contributed by atoms with Crippen molar-refractivity contribution in [3.8, 4) is 0 Å². The molecule has 0 unspecified atom stereocenters.